The van der Waals surface area contributed by atoms with Gasteiger partial charge in [-0.1, -0.05) is 6.07 Å². The molecule has 0 saturated carbocycles. The topological polar surface area (TPSA) is 118 Å². The first kappa shape index (κ1) is 23.7. The molecule has 0 aliphatic carbocycles. The lowest BCUT2D eigenvalue weighted by molar-refractivity contribution is -0.122. The van der Waals surface area contributed by atoms with Crippen molar-refractivity contribution in [3.8, 4) is 23.3 Å². The molecule has 3 rings (SSSR count). The molecule has 2 aromatic rings. The van der Waals surface area contributed by atoms with Gasteiger partial charge in [-0.25, -0.2) is 0 Å². The zero-order valence-electron chi connectivity index (χ0n) is 18.2. The number of benzene rings is 2. The summed E-state index contributed by atoms with van der Waals surface area (Å²) in [4.78, 5) is 38.7. The number of nitrogens with zero attached hydrogens (tertiary/aromatic N) is 2. The average Bonchev–Trinajstić information content (AvgIpc) is 3.10. The van der Waals surface area contributed by atoms with Gasteiger partial charge in [-0.05, 0) is 53.7 Å². The van der Waals surface area contributed by atoms with Crippen LogP contribution in [0, 0.1) is 11.3 Å². The summed E-state index contributed by atoms with van der Waals surface area (Å²) in [5.41, 5.74) is 1.29. The van der Waals surface area contributed by atoms with E-state index in [1.54, 1.807) is 36.4 Å². The van der Waals surface area contributed by atoms with Crippen LogP contribution in [0.1, 0.15) is 21.5 Å². The lowest BCUT2D eigenvalue weighted by atomic mass is 10.1. The Morgan fingerprint density at radius 3 is 2.42 bits per heavy atom. The Morgan fingerprint density at radius 1 is 1.12 bits per heavy atom. The van der Waals surface area contributed by atoms with Crippen molar-refractivity contribution < 1.29 is 28.6 Å². The molecule has 2 aromatic carbocycles. The molecule has 1 aliphatic rings. The maximum Gasteiger partial charge on any atom is 0.293 e. The van der Waals surface area contributed by atoms with Crippen LogP contribution in [-0.4, -0.2) is 56.4 Å². The van der Waals surface area contributed by atoms with Crippen molar-refractivity contribution in [1.29, 1.82) is 5.26 Å². The highest BCUT2D eigenvalue weighted by Crippen LogP contribution is 2.40. The van der Waals surface area contributed by atoms with E-state index in [0.29, 0.717) is 33.9 Å². The Kier molecular flexibility index (Phi) is 7.58. The molecule has 33 heavy (non-hydrogen) atoms. The van der Waals surface area contributed by atoms with Crippen molar-refractivity contribution in [1.82, 2.24) is 10.2 Å². The molecule has 3 amide bonds. The zero-order chi connectivity index (χ0) is 24.0. The first-order valence-corrected chi connectivity index (χ1v) is 10.6. The molecule has 0 spiro atoms. The number of carbonyl (C=O) groups is 3. The van der Waals surface area contributed by atoms with Gasteiger partial charge in [-0.3, -0.25) is 19.3 Å². The van der Waals surface area contributed by atoms with Gasteiger partial charge in [-0.2, -0.15) is 5.26 Å². The molecule has 0 radical (unpaired) electrons. The summed E-state index contributed by atoms with van der Waals surface area (Å²) < 4.78 is 15.9. The summed E-state index contributed by atoms with van der Waals surface area (Å²) >= 11 is 0.811. The largest absolute Gasteiger partial charge is 0.493 e. The molecular weight excluding hydrogens is 446 g/mol. The number of hydrogen-bond donors (Lipinski definition) is 1. The summed E-state index contributed by atoms with van der Waals surface area (Å²) in [7, 11) is 4.46. The highest BCUT2D eigenvalue weighted by Gasteiger charge is 2.34. The molecule has 1 N–H and O–H groups in total. The number of carbonyl (C=O) groups excluding carboxylic acids is 3. The van der Waals surface area contributed by atoms with Crippen LogP contribution in [0.25, 0.3) is 6.08 Å². The number of thioether (sulfide) groups is 1. The molecule has 0 aromatic heterocycles. The van der Waals surface area contributed by atoms with E-state index < -0.39 is 17.1 Å². The molecule has 0 bridgehead atoms. The monoisotopic (exact) mass is 467 g/mol. The number of methoxy groups -OCH3 is 3. The summed E-state index contributed by atoms with van der Waals surface area (Å²) in [6.45, 7) is 0.0893. The second-order valence-corrected chi connectivity index (χ2v) is 7.73. The predicted molar refractivity (Wildman–Crippen MR) is 122 cm³/mol. The molecule has 1 fully saturated rings. The highest BCUT2D eigenvalue weighted by atomic mass is 32.2. The fourth-order valence-corrected chi connectivity index (χ4v) is 4.01. The van der Waals surface area contributed by atoms with E-state index in [9.17, 15) is 14.4 Å². The second kappa shape index (κ2) is 10.6. The maximum absolute atomic E-state index is 12.8. The van der Waals surface area contributed by atoms with Crippen molar-refractivity contribution in [3.05, 3.63) is 58.0 Å². The van der Waals surface area contributed by atoms with Gasteiger partial charge in [0.2, 0.25) is 5.75 Å². The van der Waals surface area contributed by atoms with Gasteiger partial charge in [0.25, 0.3) is 17.1 Å². The third-order valence-electron chi connectivity index (χ3n) is 4.73. The van der Waals surface area contributed by atoms with E-state index in [1.807, 2.05) is 6.07 Å². The van der Waals surface area contributed by atoms with Crippen molar-refractivity contribution >= 4 is 34.9 Å². The Labute approximate surface area is 194 Å². The summed E-state index contributed by atoms with van der Waals surface area (Å²) in [5.74, 6) is 0.406. The minimum absolute atomic E-state index is 0.0148. The Hall–Kier alpha value is -3.97. The summed E-state index contributed by atoms with van der Waals surface area (Å²) in [6.07, 6.45) is 1.57. The van der Waals surface area contributed by atoms with Gasteiger partial charge in [0.1, 0.15) is 0 Å². The minimum Gasteiger partial charge on any atom is -0.493 e. The van der Waals surface area contributed by atoms with E-state index in [1.165, 1.54) is 27.4 Å². The van der Waals surface area contributed by atoms with Gasteiger partial charge in [0.05, 0.1) is 37.9 Å². The van der Waals surface area contributed by atoms with E-state index in [4.69, 9.17) is 19.5 Å². The molecule has 170 valence electrons. The number of imide groups is 1. The number of nitriles is 1. The van der Waals surface area contributed by atoms with Crippen LogP contribution in [-0.2, 0) is 4.79 Å². The second-order valence-electron chi connectivity index (χ2n) is 6.74. The lowest BCUT2D eigenvalue weighted by Gasteiger charge is -2.13. The van der Waals surface area contributed by atoms with E-state index in [-0.39, 0.29) is 18.0 Å². The molecule has 1 heterocycles. The lowest BCUT2D eigenvalue weighted by Crippen LogP contribution is -2.37. The summed E-state index contributed by atoms with van der Waals surface area (Å²) in [6, 6.07) is 11.6. The van der Waals surface area contributed by atoms with Crippen LogP contribution < -0.4 is 19.5 Å². The predicted octanol–water partition coefficient (Wildman–Crippen LogP) is 3.05. The number of nitrogens with one attached hydrogen (secondary N) is 1. The summed E-state index contributed by atoms with van der Waals surface area (Å²) in [5, 5.41) is 11.2. The fraction of sp³-hybridized carbons (Fsp3) is 0.217. The molecule has 1 saturated heterocycles. The van der Waals surface area contributed by atoms with Crippen LogP contribution in [0.2, 0.25) is 0 Å². The molecule has 0 unspecified atom stereocenters. The third kappa shape index (κ3) is 5.27. The molecule has 9 nitrogen and oxygen atoms in total. The van der Waals surface area contributed by atoms with Crippen LogP contribution >= 0.6 is 11.8 Å². The van der Waals surface area contributed by atoms with E-state index in [0.717, 1.165) is 16.7 Å². The molecule has 1 aliphatic heterocycles. The number of hydrogen-bond acceptors (Lipinski definition) is 8. The molecule has 10 heteroatoms. The SMILES string of the molecule is COc1cc(/C=C2\SC(=O)N(CCNC(=O)c3cccc(C#N)c3)C2=O)cc(OC)c1OC. The third-order valence-corrected chi connectivity index (χ3v) is 5.64. The van der Waals surface area contributed by atoms with Gasteiger partial charge >= 0.3 is 0 Å². The Balaban J connectivity index is 1.69. The maximum atomic E-state index is 12.8. The first-order chi connectivity index (χ1) is 15.9. The standard InChI is InChI=1S/C23H21N3O6S/c1-30-17-10-15(11-18(31-2)20(17)32-3)12-19-22(28)26(23(29)33-19)8-7-25-21(27)16-6-4-5-14(9-16)13-24/h4-6,9-12H,7-8H2,1-3H3,(H,25,27)/b19-12-. The van der Waals surface area contributed by atoms with E-state index >= 15 is 0 Å². The van der Waals surface area contributed by atoms with Gasteiger partial charge < -0.3 is 19.5 Å². The fourth-order valence-electron chi connectivity index (χ4n) is 3.14. The van der Waals surface area contributed by atoms with Gasteiger partial charge in [0, 0.05) is 18.7 Å². The first-order valence-electron chi connectivity index (χ1n) is 9.75. The Bertz CT molecular complexity index is 1150. The average molecular weight is 468 g/mol. The van der Waals surface area contributed by atoms with Gasteiger partial charge in [-0.15, -0.1) is 0 Å². The van der Waals surface area contributed by atoms with E-state index in [2.05, 4.69) is 5.32 Å². The molecular formula is C23H21N3O6S. The van der Waals surface area contributed by atoms with Crippen LogP contribution in [0.5, 0.6) is 17.2 Å². The zero-order valence-corrected chi connectivity index (χ0v) is 19.0. The number of amides is 3. The minimum atomic E-state index is -0.459. The number of ether oxygens (including phenoxy) is 3. The molecule has 0 atom stereocenters. The normalized spacial score (nSPS) is 14.2. The van der Waals surface area contributed by atoms with Crippen LogP contribution in [0.15, 0.2) is 41.3 Å². The smallest absolute Gasteiger partial charge is 0.293 e. The van der Waals surface area contributed by atoms with Crippen LogP contribution in [0.4, 0.5) is 4.79 Å². The number of rotatable bonds is 8. The van der Waals surface area contributed by atoms with Crippen molar-refractivity contribution in [3.63, 3.8) is 0 Å². The highest BCUT2D eigenvalue weighted by molar-refractivity contribution is 8.18. The Morgan fingerprint density at radius 2 is 1.82 bits per heavy atom. The van der Waals surface area contributed by atoms with Crippen LogP contribution in [0.3, 0.4) is 0 Å². The van der Waals surface area contributed by atoms with Crippen molar-refractivity contribution in [2.24, 2.45) is 0 Å². The van der Waals surface area contributed by atoms with Gasteiger partial charge in [0.15, 0.2) is 11.5 Å². The van der Waals surface area contributed by atoms with Crippen molar-refractivity contribution in [2.75, 3.05) is 34.4 Å². The van der Waals surface area contributed by atoms with Crippen molar-refractivity contribution in [2.45, 2.75) is 0 Å². The quantitative estimate of drug-likeness (QED) is 0.589.